The second-order valence-corrected chi connectivity index (χ2v) is 5.14. The first kappa shape index (κ1) is 14.9. The number of nitrogen functional groups attached to an aromatic ring is 1. The minimum absolute atomic E-state index is 0.136. The normalized spacial score (nSPS) is 10.2. The lowest BCUT2D eigenvalue weighted by Crippen LogP contribution is -2.14. The molecule has 1 heterocycles. The van der Waals surface area contributed by atoms with Gasteiger partial charge >= 0.3 is 0 Å². The smallest absolute Gasteiger partial charge is 0.285 e. The van der Waals surface area contributed by atoms with Crippen molar-refractivity contribution in [3.8, 4) is 0 Å². The van der Waals surface area contributed by atoms with Gasteiger partial charge in [0.1, 0.15) is 0 Å². The third-order valence-electron chi connectivity index (χ3n) is 2.72. The Morgan fingerprint density at radius 3 is 2.76 bits per heavy atom. The number of nitrogens with two attached hydrogens (primary N) is 1. The van der Waals surface area contributed by atoms with Crippen LogP contribution in [0.15, 0.2) is 34.9 Å². The molecule has 8 heteroatoms. The largest absolute Gasteiger partial charge is 0.398 e. The lowest BCUT2D eigenvalue weighted by atomic mass is 10.2. The van der Waals surface area contributed by atoms with E-state index in [9.17, 15) is 14.9 Å². The highest BCUT2D eigenvalue weighted by Crippen LogP contribution is 2.28. The van der Waals surface area contributed by atoms with Crippen LogP contribution in [0.25, 0.3) is 0 Å². The van der Waals surface area contributed by atoms with Crippen molar-refractivity contribution in [2.75, 3.05) is 11.1 Å². The van der Waals surface area contributed by atoms with Gasteiger partial charge in [0.2, 0.25) is 0 Å². The van der Waals surface area contributed by atoms with E-state index in [4.69, 9.17) is 5.73 Å². The summed E-state index contributed by atoms with van der Waals surface area (Å²) in [5.41, 5.74) is 7.14. The number of nitro benzene ring substituents is 1. The van der Waals surface area contributed by atoms with Crippen LogP contribution < -0.4 is 11.1 Å². The van der Waals surface area contributed by atoms with Gasteiger partial charge in [0.15, 0.2) is 0 Å². The number of benzene rings is 1. The fourth-order valence-electron chi connectivity index (χ4n) is 1.70. The number of nitro groups is 1. The summed E-state index contributed by atoms with van der Waals surface area (Å²) in [4.78, 5) is 26.4. The number of aryl methyl sites for hydroxylation is 1. The predicted molar refractivity (Wildman–Crippen MR) is 82.1 cm³/mol. The summed E-state index contributed by atoms with van der Waals surface area (Å²) in [7, 11) is 0. The van der Waals surface area contributed by atoms with Gasteiger partial charge < -0.3 is 11.1 Å². The molecule has 1 aromatic heterocycles. The van der Waals surface area contributed by atoms with Gasteiger partial charge in [0, 0.05) is 29.3 Å². The van der Waals surface area contributed by atoms with E-state index in [2.05, 4.69) is 26.2 Å². The summed E-state index contributed by atoms with van der Waals surface area (Å²) in [6.45, 7) is 1.76. The Labute approximate surface area is 128 Å². The Morgan fingerprint density at radius 2 is 2.14 bits per heavy atom. The van der Waals surface area contributed by atoms with Crippen molar-refractivity contribution >= 4 is 38.9 Å². The van der Waals surface area contributed by atoms with Crippen molar-refractivity contribution < 1.29 is 9.72 Å². The van der Waals surface area contributed by atoms with Gasteiger partial charge in [-0.1, -0.05) is 0 Å². The van der Waals surface area contributed by atoms with Crippen molar-refractivity contribution in [3.05, 3.63) is 56.3 Å². The van der Waals surface area contributed by atoms with Crippen molar-refractivity contribution in [2.45, 2.75) is 6.92 Å². The summed E-state index contributed by atoms with van der Waals surface area (Å²) in [5.74, 6) is -0.475. The minimum Gasteiger partial charge on any atom is -0.398 e. The van der Waals surface area contributed by atoms with Crippen LogP contribution in [-0.2, 0) is 0 Å². The molecule has 0 aliphatic carbocycles. The van der Waals surface area contributed by atoms with E-state index in [-0.39, 0.29) is 11.3 Å². The Kier molecular flexibility index (Phi) is 4.18. The molecule has 0 fully saturated rings. The number of carbonyl (C=O) groups is 1. The summed E-state index contributed by atoms with van der Waals surface area (Å²) in [5, 5.41) is 13.4. The monoisotopic (exact) mass is 350 g/mol. The second-order valence-electron chi connectivity index (χ2n) is 4.29. The van der Waals surface area contributed by atoms with E-state index in [1.165, 1.54) is 18.3 Å². The molecule has 2 aromatic rings. The maximum absolute atomic E-state index is 12.1. The number of nitrogens with one attached hydrogen (secondary N) is 1. The van der Waals surface area contributed by atoms with E-state index in [1.54, 1.807) is 19.1 Å². The van der Waals surface area contributed by atoms with Gasteiger partial charge in [-0.2, -0.15) is 0 Å². The molecule has 108 valence electrons. The zero-order valence-corrected chi connectivity index (χ0v) is 12.5. The molecule has 0 unspecified atom stereocenters. The summed E-state index contributed by atoms with van der Waals surface area (Å²) in [6.07, 6.45) is 1.37. The van der Waals surface area contributed by atoms with Crippen molar-refractivity contribution in [1.29, 1.82) is 0 Å². The van der Waals surface area contributed by atoms with E-state index in [0.29, 0.717) is 21.5 Å². The van der Waals surface area contributed by atoms with Crippen LogP contribution >= 0.6 is 15.9 Å². The molecule has 7 nitrogen and oxygen atoms in total. The van der Waals surface area contributed by atoms with Gasteiger partial charge in [0.05, 0.1) is 15.0 Å². The molecular weight excluding hydrogens is 340 g/mol. The summed E-state index contributed by atoms with van der Waals surface area (Å²) >= 11 is 3.08. The molecule has 0 atom stereocenters. The molecule has 0 saturated carbocycles. The number of amides is 1. The zero-order chi connectivity index (χ0) is 15.6. The maximum atomic E-state index is 12.1. The average Bonchev–Trinajstić information content (AvgIpc) is 2.40. The highest BCUT2D eigenvalue weighted by atomic mass is 79.9. The number of nitrogens with zero attached hydrogens (tertiary/aromatic N) is 2. The Hall–Kier alpha value is -2.48. The Balaban J connectivity index is 2.27. The summed E-state index contributed by atoms with van der Waals surface area (Å²) < 4.78 is 0.335. The lowest BCUT2D eigenvalue weighted by molar-refractivity contribution is -0.385. The fraction of sp³-hybridized carbons (Fsp3) is 0.0769. The minimum atomic E-state index is -0.540. The third kappa shape index (κ3) is 3.34. The van der Waals surface area contributed by atoms with Crippen molar-refractivity contribution in [2.24, 2.45) is 0 Å². The molecular formula is C13H11BrN4O3. The van der Waals surface area contributed by atoms with Crippen LogP contribution in [-0.4, -0.2) is 15.8 Å². The number of hydrogen-bond donors (Lipinski definition) is 2. The van der Waals surface area contributed by atoms with Crippen LogP contribution in [0.4, 0.5) is 17.1 Å². The fourth-order valence-corrected chi connectivity index (χ4v) is 2.09. The first-order valence-corrected chi connectivity index (χ1v) is 6.65. The van der Waals surface area contributed by atoms with Crippen LogP contribution in [0.5, 0.6) is 0 Å². The van der Waals surface area contributed by atoms with Crippen molar-refractivity contribution in [1.82, 2.24) is 4.98 Å². The van der Waals surface area contributed by atoms with Crippen LogP contribution in [0, 0.1) is 17.0 Å². The highest BCUT2D eigenvalue weighted by molar-refractivity contribution is 9.10. The maximum Gasteiger partial charge on any atom is 0.285 e. The van der Waals surface area contributed by atoms with E-state index in [0.717, 1.165) is 0 Å². The number of anilines is 2. The molecule has 1 aromatic carbocycles. The number of pyridine rings is 1. The third-order valence-corrected chi connectivity index (χ3v) is 3.39. The molecule has 0 bridgehead atoms. The average molecular weight is 351 g/mol. The molecule has 0 aliphatic rings. The van der Waals surface area contributed by atoms with E-state index < -0.39 is 10.8 Å². The Bertz CT molecular complexity index is 733. The van der Waals surface area contributed by atoms with Gasteiger partial charge in [-0.05, 0) is 41.1 Å². The number of aromatic nitrogens is 1. The molecule has 0 saturated heterocycles. The number of halogens is 1. The van der Waals surface area contributed by atoms with Gasteiger partial charge in [-0.25, -0.2) is 0 Å². The van der Waals surface area contributed by atoms with Crippen LogP contribution in [0.1, 0.15) is 16.1 Å². The van der Waals surface area contributed by atoms with Gasteiger partial charge in [-0.15, -0.1) is 0 Å². The number of hydrogen-bond acceptors (Lipinski definition) is 5. The van der Waals surface area contributed by atoms with Gasteiger partial charge in [-0.3, -0.25) is 19.9 Å². The molecule has 3 N–H and O–H groups in total. The zero-order valence-electron chi connectivity index (χ0n) is 11.0. The first-order valence-electron chi connectivity index (χ1n) is 5.86. The highest BCUT2D eigenvalue weighted by Gasteiger charge is 2.15. The lowest BCUT2D eigenvalue weighted by Gasteiger charge is -2.08. The molecule has 2 rings (SSSR count). The topological polar surface area (TPSA) is 111 Å². The number of rotatable bonds is 3. The van der Waals surface area contributed by atoms with Crippen LogP contribution in [0.2, 0.25) is 0 Å². The SMILES string of the molecule is Cc1cc(N)c(C(=O)Nc2ccc(Br)c([N+](=O)[O-])c2)cn1. The summed E-state index contributed by atoms with van der Waals surface area (Å²) in [6, 6.07) is 5.88. The Morgan fingerprint density at radius 1 is 1.43 bits per heavy atom. The van der Waals surface area contributed by atoms with Gasteiger partial charge in [0.25, 0.3) is 11.6 Å². The molecule has 0 radical (unpaired) electrons. The predicted octanol–water partition coefficient (Wildman–Crippen LogP) is 2.90. The molecule has 0 aliphatic heterocycles. The molecule has 0 spiro atoms. The van der Waals surface area contributed by atoms with E-state index in [1.807, 2.05) is 0 Å². The first-order chi connectivity index (χ1) is 9.88. The van der Waals surface area contributed by atoms with E-state index >= 15 is 0 Å². The van der Waals surface area contributed by atoms with Crippen LogP contribution in [0.3, 0.4) is 0 Å². The number of carbonyl (C=O) groups excluding carboxylic acids is 1. The van der Waals surface area contributed by atoms with Crippen molar-refractivity contribution in [3.63, 3.8) is 0 Å². The standard InChI is InChI=1S/C13H11BrN4O3/c1-7-4-11(15)9(6-16-7)13(19)17-8-2-3-10(14)12(5-8)18(20)21/h2-6H,1H3,(H2,15,16)(H,17,19). The molecule has 1 amide bonds. The molecule has 21 heavy (non-hydrogen) atoms. The second kappa shape index (κ2) is 5.88. The quantitative estimate of drug-likeness (QED) is 0.652.